The second kappa shape index (κ2) is 6.26. The minimum absolute atomic E-state index is 0.152. The van der Waals surface area contributed by atoms with Gasteiger partial charge in [-0.2, -0.15) is 0 Å². The number of hydrogen-bond donors (Lipinski definition) is 0. The predicted molar refractivity (Wildman–Crippen MR) is 82.8 cm³/mol. The molecule has 116 valence electrons. The Balaban J connectivity index is 2.25. The van der Waals surface area contributed by atoms with Crippen molar-refractivity contribution < 1.29 is 13.6 Å². The summed E-state index contributed by atoms with van der Waals surface area (Å²) < 4.78 is 26.4. The molecule has 1 atom stereocenters. The molecule has 0 radical (unpaired) electrons. The lowest BCUT2D eigenvalue weighted by Crippen LogP contribution is -2.29. The SMILES string of the molecule is Cc1ccc(C(=O)N(C)C(C)c2ccc(F)c(F)c2)cc1C. The Morgan fingerprint density at radius 1 is 1.00 bits per heavy atom. The van der Waals surface area contributed by atoms with Gasteiger partial charge < -0.3 is 4.90 Å². The third-order valence-electron chi connectivity index (χ3n) is 4.08. The van der Waals surface area contributed by atoms with Crippen LogP contribution in [0.25, 0.3) is 0 Å². The van der Waals surface area contributed by atoms with Crippen LogP contribution in [0.5, 0.6) is 0 Å². The van der Waals surface area contributed by atoms with Crippen molar-refractivity contribution in [3.8, 4) is 0 Å². The molecular weight excluding hydrogens is 284 g/mol. The molecule has 0 spiro atoms. The number of benzene rings is 2. The summed E-state index contributed by atoms with van der Waals surface area (Å²) in [5.74, 6) is -1.95. The first-order valence-electron chi connectivity index (χ1n) is 7.10. The number of rotatable bonds is 3. The summed E-state index contributed by atoms with van der Waals surface area (Å²) in [5.41, 5.74) is 3.30. The second-order valence-corrected chi connectivity index (χ2v) is 5.56. The predicted octanol–water partition coefficient (Wildman–Crippen LogP) is 4.41. The molecule has 1 amide bonds. The quantitative estimate of drug-likeness (QED) is 0.822. The molecule has 0 N–H and O–H groups in total. The van der Waals surface area contributed by atoms with Gasteiger partial charge in [0.2, 0.25) is 0 Å². The van der Waals surface area contributed by atoms with Crippen LogP contribution >= 0.6 is 0 Å². The maximum atomic E-state index is 13.3. The zero-order valence-electron chi connectivity index (χ0n) is 13.2. The average molecular weight is 303 g/mol. The first-order chi connectivity index (χ1) is 10.3. The van der Waals surface area contributed by atoms with E-state index in [2.05, 4.69) is 0 Å². The van der Waals surface area contributed by atoms with Gasteiger partial charge >= 0.3 is 0 Å². The summed E-state index contributed by atoms with van der Waals surface area (Å²) in [7, 11) is 1.66. The minimum atomic E-state index is -0.906. The van der Waals surface area contributed by atoms with E-state index in [0.29, 0.717) is 11.1 Å². The molecule has 4 heteroatoms. The van der Waals surface area contributed by atoms with Crippen molar-refractivity contribution in [2.24, 2.45) is 0 Å². The first-order valence-corrected chi connectivity index (χ1v) is 7.10. The lowest BCUT2D eigenvalue weighted by atomic mass is 10.0. The molecule has 2 aromatic rings. The van der Waals surface area contributed by atoms with Crippen LogP contribution in [0.2, 0.25) is 0 Å². The number of halogens is 2. The monoisotopic (exact) mass is 303 g/mol. The molecule has 0 heterocycles. The zero-order valence-corrected chi connectivity index (χ0v) is 13.2. The van der Waals surface area contributed by atoms with Gasteiger partial charge in [0.25, 0.3) is 5.91 Å². The van der Waals surface area contributed by atoms with E-state index in [1.165, 1.54) is 11.0 Å². The molecule has 2 nitrogen and oxygen atoms in total. The van der Waals surface area contributed by atoms with Crippen LogP contribution in [0, 0.1) is 25.5 Å². The topological polar surface area (TPSA) is 20.3 Å². The van der Waals surface area contributed by atoms with Gasteiger partial charge in [-0.1, -0.05) is 12.1 Å². The van der Waals surface area contributed by atoms with Gasteiger partial charge in [-0.15, -0.1) is 0 Å². The van der Waals surface area contributed by atoms with Crippen molar-refractivity contribution in [2.45, 2.75) is 26.8 Å². The third-order valence-corrected chi connectivity index (χ3v) is 4.08. The van der Waals surface area contributed by atoms with Gasteiger partial charge in [0.1, 0.15) is 0 Å². The third kappa shape index (κ3) is 3.16. The van der Waals surface area contributed by atoms with Crippen molar-refractivity contribution in [2.75, 3.05) is 7.05 Å². The summed E-state index contributed by atoms with van der Waals surface area (Å²) in [6.07, 6.45) is 0. The molecule has 0 saturated heterocycles. The highest BCUT2D eigenvalue weighted by atomic mass is 19.2. The van der Waals surface area contributed by atoms with Crippen LogP contribution in [0.1, 0.15) is 40.0 Å². The Kier molecular flexibility index (Phi) is 4.59. The summed E-state index contributed by atoms with van der Waals surface area (Å²) in [5, 5.41) is 0. The van der Waals surface area contributed by atoms with Crippen molar-refractivity contribution >= 4 is 5.91 Å². The molecule has 2 aromatic carbocycles. The summed E-state index contributed by atoms with van der Waals surface area (Å²) in [4.78, 5) is 14.1. The molecule has 0 saturated carbocycles. The standard InChI is InChI=1S/C18H19F2NO/c1-11-5-6-15(9-12(11)2)18(22)21(4)13(3)14-7-8-16(19)17(20)10-14/h5-10,13H,1-4H3. The highest BCUT2D eigenvalue weighted by Crippen LogP contribution is 2.23. The number of nitrogens with zero attached hydrogens (tertiary/aromatic N) is 1. The van der Waals surface area contributed by atoms with Gasteiger partial charge in [0.15, 0.2) is 11.6 Å². The van der Waals surface area contributed by atoms with E-state index in [4.69, 9.17) is 0 Å². The van der Waals surface area contributed by atoms with E-state index in [1.807, 2.05) is 26.0 Å². The number of amides is 1. The van der Waals surface area contributed by atoms with Gasteiger partial charge in [-0.05, 0) is 61.7 Å². The minimum Gasteiger partial charge on any atom is -0.335 e. The van der Waals surface area contributed by atoms with E-state index < -0.39 is 11.6 Å². The van der Waals surface area contributed by atoms with Gasteiger partial charge in [-0.25, -0.2) is 8.78 Å². The van der Waals surface area contributed by atoms with Crippen LogP contribution in [-0.4, -0.2) is 17.9 Å². The summed E-state index contributed by atoms with van der Waals surface area (Å²) >= 11 is 0. The smallest absolute Gasteiger partial charge is 0.254 e. The van der Waals surface area contributed by atoms with Gasteiger partial charge in [-0.3, -0.25) is 4.79 Å². The Morgan fingerprint density at radius 3 is 2.27 bits per heavy atom. The fourth-order valence-electron chi connectivity index (χ4n) is 2.25. The van der Waals surface area contributed by atoms with Gasteiger partial charge in [0, 0.05) is 12.6 Å². The fourth-order valence-corrected chi connectivity index (χ4v) is 2.25. The van der Waals surface area contributed by atoms with Crippen molar-refractivity contribution in [1.82, 2.24) is 4.90 Å². The molecule has 0 fully saturated rings. The number of hydrogen-bond acceptors (Lipinski definition) is 1. The Morgan fingerprint density at radius 2 is 1.68 bits per heavy atom. The maximum Gasteiger partial charge on any atom is 0.254 e. The Bertz CT molecular complexity index is 712. The van der Waals surface area contributed by atoms with E-state index in [1.54, 1.807) is 20.0 Å². The van der Waals surface area contributed by atoms with E-state index in [-0.39, 0.29) is 11.9 Å². The van der Waals surface area contributed by atoms with Crippen LogP contribution < -0.4 is 0 Å². The molecular formula is C18H19F2NO. The number of carbonyl (C=O) groups excluding carboxylic acids is 1. The first kappa shape index (κ1) is 16.1. The molecule has 22 heavy (non-hydrogen) atoms. The molecule has 2 rings (SSSR count). The van der Waals surface area contributed by atoms with Gasteiger partial charge in [0.05, 0.1) is 6.04 Å². The normalized spacial score (nSPS) is 12.1. The second-order valence-electron chi connectivity index (χ2n) is 5.56. The summed E-state index contributed by atoms with van der Waals surface area (Å²) in [6.45, 7) is 5.72. The van der Waals surface area contributed by atoms with Crippen molar-refractivity contribution in [3.05, 3.63) is 70.3 Å². The highest BCUT2D eigenvalue weighted by Gasteiger charge is 2.20. The molecule has 0 aliphatic carbocycles. The molecule has 0 aromatic heterocycles. The van der Waals surface area contributed by atoms with E-state index >= 15 is 0 Å². The Hall–Kier alpha value is -2.23. The molecule has 0 bridgehead atoms. The van der Waals surface area contributed by atoms with Crippen molar-refractivity contribution in [1.29, 1.82) is 0 Å². The fraction of sp³-hybridized carbons (Fsp3) is 0.278. The van der Waals surface area contributed by atoms with Crippen LogP contribution in [0.4, 0.5) is 8.78 Å². The van der Waals surface area contributed by atoms with Crippen molar-refractivity contribution in [3.63, 3.8) is 0 Å². The molecule has 0 aliphatic rings. The maximum absolute atomic E-state index is 13.3. The largest absolute Gasteiger partial charge is 0.335 e. The van der Waals surface area contributed by atoms with E-state index in [9.17, 15) is 13.6 Å². The summed E-state index contributed by atoms with van der Waals surface area (Å²) in [6, 6.07) is 8.86. The number of aryl methyl sites for hydroxylation is 2. The zero-order chi connectivity index (χ0) is 16.4. The lowest BCUT2D eigenvalue weighted by molar-refractivity contribution is 0.0742. The Labute approximate surface area is 129 Å². The molecule has 1 unspecified atom stereocenters. The van der Waals surface area contributed by atoms with E-state index in [0.717, 1.165) is 23.3 Å². The number of carbonyl (C=O) groups is 1. The van der Waals surface area contributed by atoms with Crippen LogP contribution in [-0.2, 0) is 0 Å². The highest BCUT2D eigenvalue weighted by molar-refractivity contribution is 5.94. The van der Waals surface area contributed by atoms with Crippen LogP contribution in [0.3, 0.4) is 0 Å². The van der Waals surface area contributed by atoms with Crippen LogP contribution in [0.15, 0.2) is 36.4 Å². The lowest BCUT2D eigenvalue weighted by Gasteiger charge is -2.26. The average Bonchev–Trinajstić information content (AvgIpc) is 2.50. The molecule has 0 aliphatic heterocycles.